The van der Waals surface area contributed by atoms with Crippen LogP contribution in [0.25, 0.3) is 0 Å². The maximum Gasteiger partial charge on any atom is 0.253 e. The van der Waals surface area contributed by atoms with Gasteiger partial charge in [-0.15, -0.1) is 0 Å². The number of likely N-dealkylation sites (N-methyl/N-ethyl adjacent to an activating group) is 2. The van der Waals surface area contributed by atoms with Crippen LogP contribution in [0.4, 0.5) is 0 Å². The molecule has 2 aromatic carbocycles. The van der Waals surface area contributed by atoms with Crippen LogP contribution >= 0.6 is 0 Å². The molecule has 0 aliphatic carbocycles. The number of nitrogens with zero attached hydrogens (tertiary/aromatic N) is 6. The van der Waals surface area contributed by atoms with Crippen LogP contribution in [-0.2, 0) is 73.4 Å². The van der Waals surface area contributed by atoms with Crippen LogP contribution in [0, 0.1) is 23.7 Å². The second-order valence-electron chi connectivity index (χ2n) is 25.3. The number of rotatable bonds is 35. The largest absolute Gasteiger partial charge is 0.386 e. The lowest BCUT2D eigenvalue weighted by Gasteiger charge is -2.41. The maximum atomic E-state index is 14.8. The monoisotopic (exact) mass is 1310 g/mol. The Morgan fingerprint density at radius 1 is 0.660 bits per heavy atom. The highest BCUT2D eigenvalue weighted by Gasteiger charge is 2.44. The molecule has 3 aliphatic heterocycles. The zero-order chi connectivity index (χ0) is 69.5. The number of aliphatic hydroxyl groups is 1. The topological polar surface area (TPSA) is 335 Å². The number of imide groups is 1. The fraction of sp³-hybridized carbons (Fsp3) is 0.612. The fourth-order valence-corrected chi connectivity index (χ4v) is 12.3. The SMILES string of the molecule is CC[C@H](C)[C@@H]([C@@H](CC(=O)N1CCC[C@@H]1[C@H](OC)[C@@H](C)C(=O)N[C@H](C)[C@@H](O)c1ccccc1)OC)N(C)C(=O)[C@@H](NC(=O)[C@H](C(C)C)N(C)C(=O)CNC(=O)[C@H](Cc1ccccc1)NC(=O)CNC(=O)CNC(=O)CN1CCN(C(=O)CCN2C(=O)C=CC2=O)CC1)C(C)C. The molecule has 2 fully saturated rings. The molecule has 27 heteroatoms. The van der Waals surface area contributed by atoms with E-state index in [1.807, 2.05) is 32.0 Å². The molecule has 0 radical (unpaired) electrons. The summed E-state index contributed by atoms with van der Waals surface area (Å²) in [6.45, 7) is 14.5. The van der Waals surface area contributed by atoms with Crippen LogP contribution in [0.5, 0.6) is 0 Å². The summed E-state index contributed by atoms with van der Waals surface area (Å²) in [6, 6.07) is 12.6. The van der Waals surface area contributed by atoms with Crippen molar-refractivity contribution < 1.29 is 72.1 Å². The van der Waals surface area contributed by atoms with Crippen molar-refractivity contribution in [1.82, 2.24) is 61.3 Å². The number of carbonyl (C=O) groups is 12. The van der Waals surface area contributed by atoms with Crippen LogP contribution in [0.15, 0.2) is 72.8 Å². The van der Waals surface area contributed by atoms with Gasteiger partial charge in [0, 0.05) is 92.6 Å². The third kappa shape index (κ3) is 21.7. The van der Waals surface area contributed by atoms with Gasteiger partial charge in [0.1, 0.15) is 18.1 Å². The number of amides is 12. The molecule has 3 heterocycles. The average Bonchev–Trinajstić information content (AvgIpc) is 1.30. The minimum atomic E-state index is -1.23. The first-order chi connectivity index (χ1) is 44.6. The number of hydrogen-bond acceptors (Lipinski definition) is 16. The van der Waals surface area contributed by atoms with Gasteiger partial charge in [-0.25, -0.2) is 0 Å². The highest BCUT2D eigenvalue weighted by Crippen LogP contribution is 2.30. The van der Waals surface area contributed by atoms with Crippen LogP contribution in [-0.4, -0.2) is 248 Å². The van der Waals surface area contributed by atoms with E-state index < -0.39 is 145 Å². The highest BCUT2D eigenvalue weighted by molar-refractivity contribution is 6.13. The van der Waals surface area contributed by atoms with E-state index in [2.05, 4.69) is 31.9 Å². The van der Waals surface area contributed by atoms with Crippen molar-refractivity contribution >= 4 is 70.9 Å². The molecular weight excluding hydrogens is 1210 g/mol. The Bertz CT molecular complexity index is 2940. The number of ether oxygens (including phenoxy) is 2. The minimum Gasteiger partial charge on any atom is -0.386 e. The van der Waals surface area contributed by atoms with Gasteiger partial charge in [0.15, 0.2) is 0 Å². The molecular formula is C67H100N12O15. The van der Waals surface area contributed by atoms with E-state index in [0.29, 0.717) is 63.1 Å². The molecule has 11 atom stereocenters. The second kappa shape index (κ2) is 37.1. The molecule has 518 valence electrons. The smallest absolute Gasteiger partial charge is 0.253 e. The Hall–Kier alpha value is -8.14. The summed E-state index contributed by atoms with van der Waals surface area (Å²) < 4.78 is 12.0. The second-order valence-corrected chi connectivity index (χ2v) is 25.3. The van der Waals surface area contributed by atoms with Crippen molar-refractivity contribution in [3.8, 4) is 0 Å². The van der Waals surface area contributed by atoms with Gasteiger partial charge >= 0.3 is 0 Å². The number of benzene rings is 2. The molecule has 27 nitrogen and oxygen atoms in total. The number of aliphatic hydroxyl groups excluding tert-OH is 1. The van der Waals surface area contributed by atoms with Crippen molar-refractivity contribution in [2.45, 2.75) is 148 Å². The van der Waals surface area contributed by atoms with Gasteiger partial charge in [-0.1, -0.05) is 116 Å². The van der Waals surface area contributed by atoms with Gasteiger partial charge in [-0.3, -0.25) is 67.3 Å². The summed E-state index contributed by atoms with van der Waals surface area (Å²) >= 11 is 0. The number of carbonyl (C=O) groups excluding carboxylic acids is 12. The summed E-state index contributed by atoms with van der Waals surface area (Å²) in [4.78, 5) is 169. The van der Waals surface area contributed by atoms with Crippen LogP contribution in [0.2, 0.25) is 0 Å². The molecule has 2 saturated heterocycles. The number of hydrogen-bond donors (Lipinski definition) is 7. The first-order valence-corrected chi connectivity index (χ1v) is 32.5. The molecule has 0 saturated carbocycles. The van der Waals surface area contributed by atoms with E-state index >= 15 is 0 Å². The number of nitrogens with one attached hydrogen (secondary N) is 6. The lowest BCUT2D eigenvalue weighted by molar-refractivity contribution is -0.148. The standard InChI is InChI=1S/C67H100N12O15/c1-13-43(6)61(50(93-11)36-57(86)78-29-20-25-49(78)63(94-12)44(7)64(89)71-45(8)62(88)47-23-18-15-19-24-47)75(10)67(92)59(41(2)3)73-66(91)60(42(4)5)74(9)58(87)39-70-65(90)48(35-46-21-16-14-17-22-46)72-52(81)38-68-51(80)37-69-53(82)40-76-31-33-77(34-32-76)54(83)28-30-79-55(84)26-27-56(79)85/h14-19,21-24,26-27,41-45,48-50,59-63,88H,13,20,25,28-40H2,1-12H3,(H,68,80)(H,69,82)(H,70,90)(H,71,89)(H,72,81)(H,73,91)/t43-,44+,45+,48-,49+,50+,59-,60-,61-,62+,63+/m0/s1. The summed E-state index contributed by atoms with van der Waals surface area (Å²) in [7, 11) is 6.03. The molecule has 0 bridgehead atoms. The van der Waals surface area contributed by atoms with Gasteiger partial charge in [-0.2, -0.15) is 0 Å². The van der Waals surface area contributed by atoms with Crippen LogP contribution < -0.4 is 31.9 Å². The fourth-order valence-electron chi connectivity index (χ4n) is 12.3. The van der Waals surface area contributed by atoms with E-state index in [1.54, 1.807) is 106 Å². The third-order valence-corrected chi connectivity index (χ3v) is 18.0. The maximum absolute atomic E-state index is 14.8. The number of piperazine rings is 1. The van der Waals surface area contributed by atoms with Crippen molar-refractivity contribution in [3.63, 3.8) is 0 Å². The lowest BCUT2D eigenvalue weighted by Crippen LogP contribution is -2.61. The first kappa shape index (κ1) is 76.6. The van der Waals surface area contributed by atoms with E-state index in [9.17, 15) is 62.6 Å². The Balaban J connectivity index is 1.14. The molecule has 5 rings (SSSR count). The van der Waals surface area contributed by atoms with E-state index in [4.69, 9.17) is 9.47 Å². The molecule has 12 amide bonds. The Kier molecular flexibility index (Phi) is 30.2. The van der Waals surface area contributed by atoms with Gasteiger partial charge in [0.2, 0.25) is 59.1 Å². The van der Waals surface area contributed by atoms with Crippen LogP contribution in [0.3, 0.4) is 0 Å². The van der Waals surface area contributed by atoms with Gasteiger partial charge < -0.3 is 66.1 Å². The summed E-state index contributed by atoms with van der Waals surface area (Å²) in [5.74, 6) is -7.94. The van der Waals surface area contributed by atoms with E-state index in [-0.39, 0.29) is 56.0 Å². The van der Waals surface area contributed by atoms with Crippen LogP contribution in [0.1, 0.15) is 105 Å². The van der Waals surface area contributed by atoms with Gasteiger partial charge in [0.05, 0.1) is 75.0 Å². The quantitative estimate of drug-likeness (QED) is 0.0457. The Morgan fingerprint density at radius 2 is 1.27 bits per heavy atom. The van der Waals surface area contributed by atoms with Crippen molar-refractivity contribution in [1.29, 1.82) is 0 Å². The third-order valence-electron chi connectivity index (χ3n) is 18.0. The number of methoxy groups -OCH3 is 2. The summed E-state index contributed by atoms with van der Waals surface area (Å²) in [6.07, 6.45) is 1.62. The van der Waals surface area contributed by atoms with Crippen molar-refractivity contribution in [3.05, 3.63) is 83.9 Å². The zero-order valence-electron chi connectivity index (χ0n) is 56.6. The first-order valence-electron chi connectivity index (χ1n) is 32.5. The van der Waals surface area contributed by atoms with E-state index in [0.717, 1.165) is 17.1 Å². The normalized spacial score (nSPS) is 18.2. The molecule has 0 spiro atoms. The summed E-state index contributed by atoms with van der Waals surface area (Å²) in [5.41, 5.74) is 1.33. The molecule has 0 unspecified atom stereocenters. The molecule has 94 heavy (non-hydrogen) atoms. The molecule has 3 aliphatic rings. The predicted octanol–water partition coefficient (Wildman–Crippen LogP) is 0.304. The highest BCUT2D eigenvalue weighted by atomic mass is 16.5. The lowest BCUT2D eigenvalue weighted by atomic mass is 9.89. The average molecular weight is 1310 g/mol. The zero-order valence-corrected chi connectivity index (χ0v) is 56.6. The molecule has 2 aromatic rings. The van der Waals surface area contributed by atoms with E-state index in [1.165, 1.54) is 31.1 Å². The Morgan fingerprint density at radius 3 is 1.85 bits per heavy atom. The summed E-state index contributed by atoms with van der Waals surface area (Å²) in [5, 5.41) is 27.0. The molecule has 0 aromatic heterocycles. The Labute approximate surface area is 552 Å². The van der Waals surface area contributed by atoms with Gasteiger partial charge in [0.25, 0.3) is 11.8 Å². The molecule has 7 N–H and O–H groups in total. The van der Waals surface area contributed by atoms with Crippen molar-refractivity contribution in [2.24, 2.45) is 23.7 Å². The van der Waals surface area contributed by atoms with Gasteiger partial charge in [-0.05, 0) is 48.6 Å². The predicted molar refractivity (Wildman–Crippen MR) is 348 cm³/mol. The number of likely N-dealkylation sites (tertiary alicyclic amines) is 1. The van der Waals surface area contributed by atoms with Crippen molar-refractivity contribution in [2.75, 3.05) is 93.8 Å². The minimum absolute atomic E-state index is 0.000467.